The number of nitrogens with zero attached hydrogens (tertiary/aromatic N) is 2. The zero-order valence-corrected chi connectivity index (χ0v) is 19.3. The molecule has 0 aliphatic rings. The van der Waals surface area contributed by atoms with Crippen molar-refractivity contribution in [3.05, 3.63) is 101 Å². The maximum Gasteiger partial charge on any atom is 0.278 e. The average Bonchev–Trinajstić information content (AvgIpc) is 3.61. The van der Waals surface area contributed by atoms with Crippen molar-refractivity contribution in [2.45, 2.75) is 6.54 Å². The van der Waals surface area contributed by atoms with Crippen LogP contribution in [0.2, 0.25) is 5.02 Å². The lowest BCUT2D eigenvalue weighted by atomic mass is 10.2. The topological polar surface area (TPSA) is 156 Å². The Morgan fingerprint density at radius 1 is 0.944 bits per heavy atom. The van der Waals surface area contributed by atoms with Crippen molar-refractivity contribution < 1.29 is 23.4 Å². The smallest absolute Gasteiger partial charge is 0.278 e. The highest BCUT2D eigenvalue weighted by Gasteiger charge is 2.16. The van der Waals surface area contributed by atoms with E-state index in [0.29, 0.717) is 22.3 Å². The Balaban J connectivity index is 1.33. The van der Waals surface area contributed by atoms with E-state index < -0.39 is 11.8 Å². The number of carbonyl (C=O) groups excluding carboxylic acids is 2. The van der Waals surface area contributed by atoms with Crippen molar-refractivity contribution in [2.75, 3.05) is 5.43 Å². The number of hydrogen-bond acceptors (Lipinski definition) is 10. The van der Waals surface area contributed by atoms with Gasteiger partial charge in [0.05, 0.1) is 5.69 Å². The Kier molecular flexibility index (Phi) is 8.14. The number of benzene rings is 2. The average molecular weight is 510 g/mol. The van der Waals surface area contributed by atoms with Crippen LogP contribution in [0.4, 0.5) is 5.69 Å². The molecule has 2 aromatic heterocycles. The summed E-state index contributed by atoms with van der Waals surface area (Å²) >= 11 is 5.89. The van der Waals surface area contributed by atoms with E-state index in [1.165, 1.54) is 24.8 Å². The second-order valence-corrected chi connectivity index (χ2v) is 7.50. The van der Waals surface area contributed by atoms with Gasteiger partial charge in [-0.3, -0.25) is 9.59 Å². The third kappa shape index (κ3) is 7.09. The van der Waals surface area contributed by atoms with Gasteiger partial charge in [0, 0.05) is 29.9 Å². The quantitative estimate of drug-likeness (QED) is 0.116. The first-order valence-corrected chi connectivity index (χ1v) is 10.8. The van der Waals surface area contributed by atoms with Gasteiger partial charge in [-0.05, 0) is 47.1 Å². The van der Waals surface area contributed by atoms with Gasteiger partial charge >= 0.3 is 0 Å². The van der Waals surface area contributed by atoms with E-state index in [1.807, 2.05) is 0 Å². The van der Waals surface area contributed by atoms with Crippen LogP contribution in [0.5, 0.6) is 11.6 Å². The maximum absolute atomic E-state index is 12.7. The molecule has 36 heavy (non-hydrogen) atoms. The maximum atomic E-state index is 12.7. The van der Waals surface area contributed by atoms with Gasteiger partial charge in [-0.25, -0.2) is 0 Å². The van der Waals surface area contributed by atoms with Gasteiger partial charge in [0.25, 0.3) is 17.7 Å². The molecule has 2 aromatic carbocycles. The standard InChI is InChI=1S/C23H20ClN7O5/c24-16-3-1-15(2-4-16)13-25-22(32)20(27-23(33)19-9-11-34-29-19)14-26-31-28-17-5-7-18(8-6-17)36-21-10-12-35-30-21/h1-12,14,26,28,31H,13H2,(H,25,32)(H,27,33)/b20-14+. The molecule has 0 saturated carbocycles. The van der Waals surface area contributed by atoms with E-state index in [0.717, 1.165) is 5.56 Å². The van der Waals surface area contributed by atoms with Crippen LogP contribution in [0.25, 0.3) is 0 Å². The Bertz CT molecular complexity index is 1290. The molecule has 2 amide bonds. The van der Waals surface area contributed by atoms with Crippen LogP contribution in [0.15, 0.2) is 94.1 Å². The summed E-state index contributed by atoms with van der Waals surface area (Å²) in [6.45, 7) is 0.224. The molecule has 0 fully saturated rings. The van der Waals surface area contributed by atoms with Gasteiger partial charge in [-0.15, -0.1) is 0 Å². The number of rotatable bonds is 11. The molecule has 12 nitrogen and oxygen atoms in total. The minimum Gasteiger partial charge on any atom is -0.436 e. The molecule has 4 aromatic rings. The predicted octanol–water partition coefficient (Wildman–Crippen LogP) is 3.12. The first-order valence-electron chi connectivity index (χ1n) is 10.5. The summed E-state index contributed by atoms with van der Waals surface area (Å²) in [6.07, 6.45) is 3.95. The minimum atomic E-state index is -0.617. The fourth-order valence-corrected chi connectivity index (χ4v) is 2.88. The van der Waals surface area contributed by atoms with Crippen molar-refractivity contribution in [1.82, 2.24) is 31.9 Å². The molecule has 0 atom stereocenters. The van der Waals surface area contributed by atoms with E-state index in [-0.39, 0.29) is 17.9 Å². The van der Waals surface area contributed by atoms with Gasteiger partial charge in [-0.1, -0.05) is 28.9 Å². The van der Waals surface area contributed by atoms with Crippen molar-refractivity contribution in [3.8, 4) is 11.6 Å². The molecule has 0 aliphatic heterocycles. The summed E-state index contributed by atoms with van der Waals surface area (Å²) in [5.41, 5.74) is 9.78. The molecule has 5 N–H and O–H groups in total. The number of halogens is 1. The summed E-state index contributed by atoms with van der Waals surface area (Å²) in [4.78, 5) is 25.1. The normalized spacial score (nSPS) is 11.0. The number of anilines is 1. The minimum absolute atomic E-state index is 0.0189. The van der Waals surface area contributed by atoms with E-state index in [9.17, 15) is 9.59 Å². The zero-order chi connectivity index (χ0) is 25.2. The number of hydrazine groups is 2. The molecule has 184 valence electrons. The van der Waals surface area contributed by atoms with Crippen molar-refractivity contribution >= 4 is 29.1 Å². The highest BCUT2D eigenvalue weighted by molar-refractivity contribution is 6.30. The van der Waals surface area contributed by atoms with E-state index >= 15 is 0 Å². The molecule has 0 saturated heterocycles. The lowest BCUT2D eigenvalue weighted by Crippen LogP contribution is -2.39. The number of ether oxygens (including phenoxy) is 1. The Morgan fingerprint density at radius 3 is 2.39 bits per heavy atom. The largest absolute Gasteiger partial charge is 0.436 e. The van der Waals surface area contributed by atoms with Crippen LogP contribution >= 0.6 is 11.6 Å². The number of amides is 2. The summed E-state index contributed by atoms with van der Waals surface area (Å²) in [5.74, 6) is -0.243. The van der Waals surface area contributed by atoms with Crippen molar-refractivity contribution in [1.29, 1.82) is 0 Å². The third-order valence-corrected chi connectivity index (χ3v) is 4.77. The number of carbonyl (C=O) groups is 2. The number of aromatic nitrogens is 2. The SMILES string of the molecule is O=C(NCc1ccc(Cl)cc1)/C(=C\NNNc1ccc(Oc2ccon2)cc1)NC(=O)c1ccon1. The summed E-state index contributed by atoms with van der Waals surface area (Å²) in [7, 11) is 0. The monoisotopic (exact) mass is 509 g/mol. The van der Waals surface area contributed by atoms with Crippen LogP contribution in [0.3, 0.4) is 0 Å². The molecule has 4 rings (SSSR count). The van der Waals surface area contributed by atoms with Crippen LogP contribution in [-0.2, 0) is 11.3 Å². The van der Waals surface area contributed by atoms with Gasteiger partial charge in [0.2, 0.25) is 0 Å². The fourth-order valence-electron chi connectivity index (χ4n) is 2.75. The van der Waals surface area contributed by atoms with Crippen molar-refractivity contribution in [2.24, 2.45) is 0 Å². The zero-order valence-electron chi connectivity index (χ0n) is 18.5. The van der Waals surface area contributed by atoms with Gasteiger partial charge in [-0.2, -0.15) is 5.53 Å². The van der Waals surface area contributed by atoms with Crippen molar-refractivity contribution in [3.63, 3.8) is 0 Å². The predicted molar refractivity (Wildman–Crippen MR) is 128 cm³/mol. The number of hydrogen-bond donors (Lipinski definition) is 5. The Morgan fingerprint density at radius 2 is 1.69 bits per heavy atom. The van der Waals surface area contributed by atoms with Gasteiger partial charge in [0.1, 0.15) is 24.0 Å². The van der Waals surface area contributed by atoms with E-state index in [1.54, 1.807) is 54.6 Å². The Labute approximate surface area is 209 Å². The lowest BCUT2D eigenvalue weighted by molar-refractivity contribution is -0.118. The summed E-state index contributed by atoms with van der Waals surface area (Å²) in [6, 6.07) is 16.9. The van der Waals surface area contributed by atoms with E-state index in [2.05, 4.69) is 41.9 Å². The molecule has 0 radical (unpaired) electrons. The molecule has 0 aliphatic carbocycles. The summed E-state index contributed by atoms with van der Waals surface area (Å²) < 4.78 is 14.9. The van der Waals surface area contributed by atoms with E-state index in [4.69, 9.17) is 20.9 Å². The molecule has 0 spiro atoms. The molecular formula is C23H20ClN7O5. The third-order valence-electron chi connectivity index (χ3n) is 4.52. The summed E-state index contributed by atoms with van der Waals surface area (Å²) in [5, 5.41) is 13.1. The highest BCUT2D eigenvalue weighted by Crippen LogP contribution is 2.21. The molecular weight excluding hydrogens is 490 g/mol. The molecule has 0 unspecified atom stereocenters. The van der Waals surface area contributed by atoms with Crippen LogP contribution in [-0.4, -0.2) is 22.1 Å². The molecule has 2 heterocycles. The first kappa shape index (κ1) is 24.3. The fraction of sp³-hybridized carbons (Fsp3) is 0.0435. The lowest BCUT2D eigenvalue weighted by Gasteiger charge is -2.12. The van der Waals surface area contributed by atoms with Crippen LogP contribution < -0.4 is 31.8 Å². The number of nitrogens with one attached hydrogen (secondary N) is 5. The van der Waals surface area contributed by atoms with Gasteiger partial charge in [0.15, 0.2) is 5.69 Å². The van der Waals surface area contributed by atoms with Crippen LogP contribution in [0.1, 0.15) is 16.1 Å². The Hall–Kier alpha value is -4.81. The molecule has 13 heteroatoms. The first-order chi connectivity index (χ1) is 17.6. The second-order valence-electron chi connectivity index (χ2n) is 7.06. The van der Waals surface area contributed by atoms with Crippen LogP contribution in [0, 0.1) is 0 Å². The highest BCUT2D eigenvalue weighted by atomic mass is 35.5. The van der Waals surface area contributed by atoms with Gasteiger partial charge < -0.3 is 35.3 Å². The second kappa shape index (κ2) is 12.1. The molecule has 0 bridgehead atoms.